The second-order valence-corrected chi connectivity index (χ2v) is 5.92. The van der Waals surface area contributed by atoms with Crippen molar-refractivity contribution in [2.75, 3.05) is 6.61 Å². The molecule has 0 radical (unpaired) electrons. The maximum absolute atomic E-state index is 11.4. The zero-order chi connectivity index (χ0) is 12.1. The lowest BCUT2D eigenvalue weighted by atomic mass is 9.97. The first-order chi connectivity index (χ1) is 6.83. The van der Waals surface area contributed by atoms with Gasteiger partial charge in [-0.05, 0) is 26.2 Å². The molecule has 0 bridgehead atoms. The van der Waals surface area contributed by atoms with Gasteiger partial charge in [-0.25, -0.2) is 0 Å². The van der Waals surface area contributed by atoms with Crippen LogP contribution in [0.15, 0.2) is 11.6 Å². The lowest BCUT2D eigenvalue weighted by molar-refractivity contribution is 0.311. The van der Waals surface area contributed by atoms with Gasteiger partial charge in [0, 0.05) is 0 Å². The number of rotatable bonds is 6. The minimum absolute atomic E-state index is 0.0648. The smallest absolute Gasteiger partial charge is 0.331 e. The fourth-order valence-corrected chi connectivity index (χ4v) is 2.65. The molecule has 90 valence electrons. The molecule has 0 amide bonds. The third kappa shape index (κ3) is 3.72. The number of aliphatic hydroxyl groups is 1. The van der Waals surface area contributed by atoms with E-state index in [4.69, 9.17) is 5.11 Å². The normalized spacial score (nSPS) is 14.4. The van der Waals surface area contributed by atoms with Gasteiger partial charge in [0.2, 0.25) is 0 Å². The molecule has 0 aromatic carbocycles. The van der Waals surface area contributed by atoms with Crippen LogP contribution in [-0.2, 0) is 4.57 Å². The monoisotopic (exact) mass is 236 g/mol. The van der Waals surface area contributed by atoms with Gasteiger partial charge in [-0.3, -0.25) is 4.57 Å². The predicted octanol–water partition coefficient (Wildman–Crippen LogP) is 2.05. The van der Waals surface area contributed by atoms with Crippen LogP contribution < -0.4 is 0 Å². The second-order valence-electron chi connectivity index (χ2n) is 3.89. The lowest BCUT2D eigenvalue weighted by Gasteiger charge is -2.31. The Kier molecular flexibility index (Phi) is 5.75. The van der Waals surface area contributed by atoms with Crippen LogP contribution in [0.5, 0.6) is 0 Å². The number of aliphatic hydroxyl groups excluding tert-OH is 1. The third-order valence-corrected chi connectivity index (χ3v) is 5.06. The number of hydrogen-bond acceptors (Lipinski definition) is 2. The highest BCUT2D eigenvalue weighted by atomic mass is 31.2. The molecule has 0 saturated carbocycles. The molecule has 4 nitrogen and oxygen atoms in total. The van der Waals surface area contributed by atoms with E-state index < -0.39 is 12.8 Å². The van der Waals surface area contributed by atoms with Crippen LogP contribution in [0.3, 0.4) is 0 Å². The molecule has 0 saturated heterocycles. The van der Waals surface area contributed by atoms with Gasteiger partial charge in [0.1, 0.15) is 0 Å². The largest absolute Gasteiger partial charge is 0.392 e. The van der Waals surface area contributed by atoms with E-state index in [2.05, 4.69) is 0 Å². The quantitative estimate of drug-likeness (QED) is 0.487. The molecule has 0 spiro atoms. The Labute approximate surface area is 91.2 Å². The van der Waals surface area contributed by atoms with E-state index in [9.17, 15) is 14.4 Å². The van der Waals surface area contributed by atoms with E-state index in [1.165, 1.54) is 0 Å². The van der Waals surface area contributed by atoms with Gasteiger partial charge in [-0.2, -0.15) is 0 Å². The molecule has 0 fully saturated rings. The zero-order valence-corrected chi connectivity index (χ0v) is 10.5. The van der Waals surface area contributed by atoms with Crippen molar-refractivity contribution in [2.24, 2.45) is 0 Å². The van der Waals surface area contributed by atoms with E-state index in [0.29, 0.717) is 19.3 Å². The maximum atomic E-state index is 11.4. The zero-order valence-electron chi connectivity index (χ0n) is 9.60. The summed E-state index contributed by atoms with van der Waals surface area (Å²) >= 11 is 0. The second kappa shape index (κ2) is 5.80. The average Bonchev–Trinajstić information content (AvgIpc) is 2.17. The van der Waals surface area contributed by atoms with Crippen LogP contribution in [0.1, 0.15) is 40.0 Å². The highest BCUT2D eigenvalue weighted by Gasteiger charge is 2.42. The topological polar surface area (TPSA) is 77.8 Å². The summed E-state index contributed by atoms with van der Waals surface area (Å²) in [5, 5.41) is 7.85. The summed E-state index contributed by atoms with van der Waals surface area (Å²) in [4.78, 5) is 18.7. The summed E-state index contributed by atoms with van der Waals surface area (Å²) in [6.45, 7) is 5.25. The number of hydrogen-bond donors (Lipinski definition) is 3. The molecule has 0 aliphatic carbocycles. The minimum atomic E-state index is -4.10. The van der Waals surface area contributed by atoms with Crippen LogP contribution in [0.4, 0.5) is 0 Å². The van der Waals surface area contributed by atoms with Crippen molar-refractivity contribution in [3.63, 3.8) is 0 Å². The van der Waals surface area contributed by atoms with Crippen molar-refractivity contribution >= 4 is 7.60 Å². The van der Waals surface area contributed by atoms with E-state index >= 15 is 0 Å². The van der Waals surface area contributed by atoms with Gasteiger partial charge >= 0.3 is 7.60 Å². The number of allylic oxidation sites excluding steroid dienone is 1. The maximum Gasteiger partial charge on any atom is 0.331 e. The first kappa shape index (κ1) is 14.8. The molecule has 0 aromatic rings. The van der Waals surface area contributed by atoms with Crippen molar-refractivity contribution in [3.8, 4) is 0 Å². The molecule has 5 heteroatoms. The average molecular weight is 236 g/mol. The molecule has 0 rings (SSSR count). The van der Waals surface area contributed by atoms with E-state index in [0.717, 1.165) is 5.57 Å². The third-order valence-electron chi connectivity index (χ3n) is 3.01. The minimum Gasteiger partial charge on any atom is -0.392 e. The summed E-state index contributed by atoms with van der Waals surface area (Å²) in [6.07, 6.45) is 2.90. The first-order valence-corrected chi connectivity index (χ1v) is 6.76. The molecule has 0 unspecified atom stereocenters. The van der Waals surface area contributed by atoms with Crippen LogP contribution in [0, 0.1) is 0 Å². The van der Waals surface area contributed by atoms with Crippen molar-refractivity contribution in [1.82, 2.24) is 0 Å². The van der Waals surface area contributed by atoms with Crippen LogP contribution in [0.2, 0.25) is 0 Å². The Morgan fingerprint density at radius 1 is 1.33 bits per heavy atom. The van der Waals surface area contributed by atoms with Crippen LogP contribution >= 0.6 is 7.60 Å². The fraction of sp³-hybridized carbons (Fsp3) is 0.800. The van der Waals surface area contributed by atoms with Gasteiger partial charge in [0.15, 0.2) is 0 Å². The molecule has 0 atom stereocenters. The highest BCUT2D eigenvalue weighted by molar-refractivity contribution is 7.53. The summed E-state index contributed by atoms with van der Waals surface area (Å²) in [7, 11) is -4.10. The Bertz CT molecular complexity index is 263. The predicted molar refractivity (Wildman–Crippen MR) is 60.8 cm³/mol. The Morgan fingerprint density at radius 2 is 1.80 bits per heavy atom. The molecular formula is C10H21O4P. The lowest BCUT2D eigenvalue weighted by Crippen LogP contribution is -2.26. The van der Waals surface area contributed by atoms with Crippen LogP contribution in [-0.4, -0.2) is 26.7 Å². The standard InChI is InChI=1S/C10H21O4P/c1-4-10(5-2,15(12,13)14)7-6-9(3)8-11/h6,11H,4-5,7-8H2,1-3H3,(H2,12,13,14). The van der Waals surface area contributed by atoms with Crippen molar-refractivity contribution in [2.45, 2.75) is 45.2 Å². The van der Waals surface area contributed by atoms with Gasteiger partial charge in [-0.15, -0.1) is 0 Å². The van der Waals surface area contributed by atoms with Gasteiger partial charge in [-0.1, -0.05) is 25.5 Å². The molecule has 0 aliphatic rings. The van der Waals surface area contributed by atoms with Crippen LogP contribution in [0.25, 0.3) is 0 Å². The molecule has 15 heavy (non-hydrogen) atoms. The Hall–Kier alpha value is -0.150. The van der Waals surface area contributed by atoms with E-state index in [-0.39, 0.29) is 6.61 Å². The summed E-state index contributed by atoms with van der Waals surface area (Å²) < 4.78 is 11.4. The molecule has 3 N–H and O–H groups in total. The summed E-state index contributed by atoms with van der Waals surface area (Å²) in [5.74, 6) is 0. The molecule has 0 aliphatic heterocycles. The molecular weight excluding hydrogens is 215 g/mol. The van der Waals surface area contributed by atoms with Crippen molar-refractivity contribution in [1.29, 1.82) is 0 Å². The first-order valence-electron chi connectivity index (χ1n) is 5.15. The van der Waals surface area contributed by atoms with Gasteiger partial charge in [0.25, 0.3) is 0 Å². The van der Waals surface area contributed by atoms with Gasteiger partial charge < -0.3 is 14.9 Å². The van der Waals surface area contributed by atoms with Crippen molar-refractivity contribution < 1.29 is 19.5 Å². The summed E-state index contributed by atoms with van der Waals surface area (Å²) in [5.41, 5.74) is 0.745. The Balaban J connectivity index is 4.90. The molecule has 0 aromatic heterocycles. The SMILES string of the molecule is CCC(CC)(CC=C(C)CO)P(=O)(O)O. The summed E-state index contributed by atoms with van der Waals surface area (Å²) in [6, 6.07) is 0. The van der Waals surface area contributed by atoms with E-state index in [1.807, 2.05) is 0 Å². The molecule has 0 heterocycles. The van der Waals surface area contributed by atoms with Crippen molar-refractivity contribution in [3.05, 3.63) is 11.6 Å². The fourth-order valence-electron chi connectivity index (χ4n) is 1.50. The van der Waals surface area contributed by atoms with Gasteiger partial charge in [0.05, 0.1) is 11.8 Å². The van der Waals surface area contributed by atoms with E-state index in [1.54, 1.807) is 26.8 Å². The highest BCUT2D eigenvalue weighted by Crippen LogP contribution is 2.56. The Morgan fingerprint density at radius 3 is 2.07 bits per heavy atom.